The van der Waals surface area contributed by atoms with E-state index in [1.54, 1.807) is 0 Å². The van der Waals surface area contributed by atoms with Gasteiger partial charge in [-0.3, -0.25) is 0 Å². The summed E-state index contributed by atoms with van der Waals surface area (Å²) in [4.78, 5) is 0. The molecule has 23 valence electrons. The molecular formula is H5OPVZn. The quantitative estimate of drug-likeness (QED) is 0.336. The smallest absolute Gasteiger partial charge is 0 e. The molecule has 0 aliphatic carbocycles. The molecule has 4 heteroatoms. The van der Waals surface area contributed by atoms with Gasteiger partial charge in [-0.15, -0.1) is 0 Å². The monoisotopic (exact) mass is 167 g/mol. The van der Waals surface area contributed by atoms with E-state index in [4.69, 9.17) is 0 Å². The van der Waals surface area contributed by atoms with Crippen LogP contribution in [0.2, 0.25) is 0 Å². The van der Waals surface area contributed by atoms with E-state index in [9.17, 15) is 0 Å². The van der Waals surface area contributed by atoms with Crippen molar-refractivity contribution in [2.24, 2.45) is 0 Å². The van der Waals surface area contributed by atoms with Gasteiger partial charge >= 0.3 is 0 Å². The maximum atomic E-state index is 0. The van der Waals surface area contributed by atoms with E-state index in [1.165, 1.54) is 0 Å². The maximum Gasteiger partial charge on any atom is 0 e. The van der Waals surface area contributed by atoms with Crippen molar-refractivity contribution in [2.75, 3.05) is 0 Å². The van der Waals surface area contributed by atoms with E-state index in [0.29, 0.717) is 0 Å². The van der Waals surface area contributed by atoms with Crippen LogP contribution in [0, 0.1) is 0 Å². The standard InChI is InChI=1S/H2O.H3P.V.Zn/h1H2;1H3;;. The van der Waals surface area contributed by atoms with Crippen molar-refractivity contribution in [3.8, 4) is 0 Å². The predicted molar refractivity (Wildman–Crippen MR) is 14.7 cm³/mol. The van der Waals surface area contributed by atoms with Crippen LogP contribution >= 0.6 is 9.90 Å². The number of rotatable bonds is 0. The van der Waals surface area contributed by atoms with Gasteiger partial charge in [0.1, 0.15) is 0 Å². The first kappa shape index (κ1) is 46.4. The third kappa shape index (κ3) is 9.51. The third-order valence-corrected chi connectivity index (χ3v) is 0. The van der Waals surface area contributed by atoms with Crippen molar-refractivity contribution < 1.29 is 43.5 Å². The molecule has 0 aromatic carbocycles. The molecule has 0 amide bonds. The Kier molecular flexibility index (Phi) is 270. The third-order valence-electron chi connectivity index (χ3n) is 0. The molecule has 4 heavy (non-hydrogen) atoms. The predicted octanol–water partition coefficient (Wildman–Crippen LogP) is -0.772. The molecule has 0 aliphatic rings. The summed E-state index contributed by atoms with van der Waals surface area (Å²) in [5, 5.41) is 0. The molecule has 0 aromatic heterocycles. The van der Waals surface area contributed by atoms with Crippen molar-refractivity contribution >= 4 is 9.90 Å². The van der Waals surface area contributed by atoms with Gasteiger partial charge in [0.15, 0.2) is 0 Å². The van der Waals surface area contributed by atoms with Crippen molar-refractivity contribution in [1.82, 2.24) is 0 Å². The molecule has 1 atom stereocenters. The van der Waals surface area contributed by atoms with Crippen molar-refractivity contribution in [3.05, 3.63) is 0 Å². The molecule has 0 aromatic rings. The van der Waals surface area contributed by atoms with Crippen LogP contribution in [0.4, 0.5) is 0 Å². The van der Waals surface area contributed by atoms with Crippen molar-refractivity contribution in [2.45, 2.75) is 0 Å². The van der Waals surface area contributed by atoms with Crippen LogP contribution in [0.1, 0.15) is 0 Å². The van der Waals surface area contributed by atoms with Gasteiger partial charge in [-0.2, -0.15) is 9.90 Å². The van der Waals surface area contributed by atoms with Gasteiger partial charge in [-0.05, 0) is 0 Å². The SMILES string of the molecule is O.P.[V].[Zn]. The fourth-order valence-electron chi connectivity index (χ4n) is 0. The molecule has 1 nitrogen and oxygen atoms in total. The molecule has 0 bridgehead atoms. The Hall–Kier alpha value is 1.60. The number of hydrogen-bond acceptors (Lipinski definition) is 0. The molecule has 1 unspecified atom stereocenters. The summed E-state index contributed by atoms with van der Waals surface area (Å²) in [5.41, 5.74) is 0. The Morgan fingerprint density at radius 2 is 1.00 bits per heavy atom. The van der Waals surface area contributed by atoms with E-state index in [0.717, 1.165) is 0 Å². The van der Waals surface area contributed by atoms with Crippen LogP contribution in [-0.2, 0) is 38.0 Å². The summed E-state index contributed by atoms with van der Waals surface area (Å²) < 4.78 is 0. The maximum absolute atomic E-state index is 0. The molecule has 1 radical (unpaired) electrons. The Balaban J connectivity index is 0. The molecule has 0 rings (SSSR count). The summed E-state index contributed by atoms with van der Waals surface area (Å²) in [6.45, 7) is 0. The molecule has 2 N–H and O–H groups in total. The molecule has 0 heterocycles. The van der Waals surface area contributed by atoms with Crippen LogP contribution in [0.5, 0.6) is 0 Å². The largest absolute Gasteiger partial charge is 0.412 e. The van der Waals surface area contributed by atoms with E-state index in [1.807, 2.05) is 0 Å². The zero-order valence-electron chi connectivity index (χ0n) is 2.36. The summed E-state index contributed by atoms with van der Waals surface area (Å²) in [7, 11) is 0. The van der Waals surface area contributed by atoms with E-state index < -0.39 is 0 Å². The molecule has 0 saturated carbocycles. The fourth-order valence-corrected chi connectivity index (χ4v) is 0. The Labute approximate surface area is 53.5 Å². The van der Waals surface area contributed by atoms with Crippen molar-refractivity contribution in [3.63, 3.8) is 0 Å². The summed E-state index contributed by atoms with van der Waals surface area (Å²) in [6, 6.07) is 0. The molecule has 0 aliphatic heterocycles. The average Bonchev–Trinajstić information content (AvgIpc) is 0. The van der Waals surface area contributed by atoms with Crippen LogP contribution in [0.15, 0.2) is 0 Å². The molecule has 0 fully saturated rings. The van der Waals surface area contributed by atoms with Crippen LogP contribution < -0.4 is 0 Å². The van der Waals surface area contributed by atoms with Gasteiger partial charge < -0.3 is 5.48 Å². The van der Waals surface area contributed by atoms with E-state index in [-0.39, 0.29) is 53.4 Å². The Morgan fingerprint density at radius 1 is 1.00 bits per heavy atom. The average molecular weight is 168 g/mol. The second kappa shape index (κ2) is 23.3. The topological polar surface area (TPSA) is 31.5 Å². The number of hydrogen-bond donors (Lipinski definition) is 0. The van der Waals surface area contributed by atoms with Gasteiger partial charge in [0.25, 0.3) is 0 Å². The first-order chi connectivity index (χ1) is 0. The zero-order valence-corrected chi connectivity index (χ0v) is 8.14. The second-order valence-electron chi connectivity index (χ2n) is 0. The van der Waals surface area contributed by atoms with E-state index in [2.05, 4.69) is 0 Å². The fraction of sp³-hybridized carbons (Fsp3) is 0. The van der Waals surface area contributed by atoms with Gasteiger partial charge in [0.05, 0.1) is 0 Å². The molecular weight excluding hydrogens is 163 g/mol. The second-order valence-corrected chi connectivity index (χ2v) is 0. The van der Waals surface area contributed by atoms with Crippen LogP contribution in [0.3, 0.4) is 0 Å². The molecule has 0 saturated heterocycles. The summed E-state index contributed by atoms with van der Waals surface area (Å²) >= 11 is 0. The first-order valence-electron chi connectivity index (χ1n) is 0. The van der Waals surface area contributed by atoms with Crippen LogP contribution in [-0.4, -0.2) is 5.48 Å². The van der Waals surface area contributed by atoms with Crippen LogP contribution in [0.25, 0.3) is 0 Å². The minimum absolute atomic E-state index is 0. The minimum Gasteiger partial charge on any atom is -0.412 e. The molecule has 0 spiro atoms. The Morgan fingerprint density at radius 3 is 1.00 bits per heavy atom. The first-order valence-corrected chi connectivity index (χ1v) is 0. The van der Waals surface area contributed by atoms with Gasteiger partial charge in [0.2, 0.25) is 0 Å². The summed E-state index contributed by atoms with van der Waals surface area (Å²) in [5.74, 6) is 0. The normalized spacial score (nSPS) is 0. The van der Waals surface area contributed by atoms with Crippen molar-refractivity contribution in [1.29, 1.82) is 0 Å². The van der Waals surface area contributed by atoms with E-state index >= 15 is 0 Å². The zero-order chi connectivity index (χ0) is 0. The minimum atomic E-state index is 0. The van der Waals surface area contributed by atoms with Gasteiger partial charge in [-0.25, -0.2) is 0 Å². The summed E-state index contributed by atoms with van der Waals surface area (Å²) in [6.07, 6.45) is 0. The van der Waals surface area contributed by atoms with Gasteiger partial charge in [-0.1, -0.05) is 0 Å². The Bertz CT molecular complexity index is 8.00. The van der Waals surface area contributed by atoms with Gasteiger partial charge in [0, 0.05) is 38.0 Å².